The summed E-state index contributed by atoms with van der Waals surface area (Å²) in [4.78, 5) is 0.542. The van der Waals surface area contributed by atoms with E-state index in [1.54, 1.807) is 24.3 Å². The van der Waals surface area contributed by atoms with Crippen molar-refractivity contribution in [2.45, 2.75) is 61.4 Å². The van der Waals surface area contributed by atoms with E-state index < -0.39 is 9.84 Å². The second-order valence-electron chi connectivity index (χ2n) is 16.4. The van der Waals surface area contributed by atoms with Gasteiger partial charge in [0.15, 0.2) is 0 Å². The van der Waals surface area contributed by atoms with Crippen molar-refractivity contribution in [2.75, 3.05) is 0 Å². The van der Waals surface area contributed by atoms with Crippen LogP contribution in [0.2, 0.25) is 0 Å². The molecule has 0 bridgehead atoms. The number of imidazole rings is 2. The molecule has 61 heavy (non-hydrogen) atoms. The van der Waals surface area contributed by atoms with E-state index in [0.717, 1.165) is 85.1 Å². The molecule has 0 saturated heterocycles. The van der Waals surface area contributed by atoms with Crippen molar-refractivity contribution in [1.82, 2.24) is 18.3 Å². The van der Waals surface area contributed by atoms with Gasteiger partial charge < -0.3 is 9.13 Å². The summed E-state index contributed by atoms with van der Waals surface area (Å²) >= 11 is 0. The molecule has 4 aromatic heterocycles. The standard InChI is InChI=1S/C52H50N6O2S/c1-53-31-33-55(37-53)29-9-7-11-39-17-27-51-47(35-39)45-13-3-5-15-49(45)57(51)41-19-23-43(24-20-41)61(59,60)44-25-21-42(22-26-44)58-50-16-6-4-14-46(50)48-36-40(18-28-52(48)58)12-8-10-30-56-34-32-54(2)38-56/h3-6,13-28,31-38H,7-12,29-30H2,1-2H3/q+2. The van der Waals surface area contributed by atoms with Gasteiger partial charge in [-0.25, -0.2) is 26.7 Å². The van der Waals surface area contributed by atoms with Crippen molar-refractivity contribution in [2.24, 2.45) is 14.1 Å². The molecular formula is C52H50N6O2S+2. The fourth-order valence-corrected chi connectivity index (χ4v) is 10.4. The highest BCUT2D eigenvalue weighted by atomic mass is 32.2. The first-order valence-electron chi connectivity index (χ1n) is 21.3. The summed E-state index contributed by atoms with van der Waals surface area (Å²) in [6.45, 7) is 2.03. The van der Waals surface area contributed by atoms with Crippen LogP contribution < -0.4 is 9.13 Å². The van der Waals surface area contributed by atoms with Crippen LogP contribution in [-0.2, 0) is 49.9 Å². The molecule has 0 spiro atoms. The Hall–Kier alpha value is -6.71. The lowest BCUT2D eigenvalue weighted by atomic mass is 10.0. The molecule has 4 heterocycles. The zero-order valence-electron chi connectivity index (χ0n) is 34.7. The Balaban J connectivity index is 0.879. The molecule has 0 radical (unpaired) electrons. The Kier molecular flexibility index (Phi) is 10.1. The van der Waals surface area contributed by atoms with Gasteiger partial charge in [-0.15, -0.1) is 0 Å². The topological polar surface area (TPSA) is 61.6 Å². The molecule has 0 aliphatic carbocycles. The number of para-hydroxylation sites is 2. The summed E-state index contributed by atoms with van der Waals surface area (Å²) in [5.74, 6) is 0. The Morgan fingerprint density at radius 3 is 1.28 bits per heavy atom. The minimum absolute atomic E-state index is 0.271. The van der Waals surface area contributed by atoms with Crippen molar-refractivity contribution in [3.8, 4) is 11.4 Å². The third kappa shape index (κ3) is 7.44. The van der Waals surface area contributed by atoms with Gasteiger partial charge >= 0.3 is 0 Å². The second-order valence-corrected chi connectivity index (χ2v) is 18.4. The van der Waals surface area contributed by atoms with Gasteiger partial charge in [0, 0.05) is 32.9 Å². The Labute approximate surface area is 356 Å². The highest BCUT2D eigenvalue weighted by Crippen LogP contribution is 2.36. The van der Waals surface area contributed by atoms with Gasteiger partial charge in [0.1, 0.15) is 24.8 Å². The SMILES string of the molecule is C[n+]1ccn(CCCCc2ccc3c(c2)c2ccccc2n3-c2ccc(S(=O)(=O)c3ccc(-n4c5ccccc5c5cc(CCCCn6cc[n+](C)c6)ccc54)cc3)cc2)c1. The van der Waals surface area contributed by atoms with Crippen LogP contribution in [0, 0.1) is 0 Å². The summed E-state index contributed by atoms with van der Waals surface area (Å²) in [7, 11) is 0.330. The zero-order valence-corrected chi connectivity index (χ0v) is 35.5. The van der Waals surface area contributed by atoms with Crippen molar-refractivity contribution in [1.29, 1.82) is 0 Å². The number of aryl methyl sites for hydroxylation is 6. The van der Waals surface area contributed by atoms with Crippen LogP contribution in [0.3, 0.4) is 0 Å². The van der Waals surface area contributed by atoms with Crippen LogP contribution in [-0.4, -0.2) is 26.7 Å². The lowest BCUT2D eigenvalue weighted by Crippen LogP contribution is -2.23. The van der Waals surface area contributed by atoms with Crippen molar-refractivity contribution >= 4 is 53.4 Å². The number of aromatic nitrogens is 6. The first-order chi connectivity index (χ1) is 29.8. The van der Waals surface area contributed by atoms with Gasteiger partial charge in [-0.1, -0.05) is 48.5 Å². The highest BCUT2D eigenvalue weighted by molar-refractivity contribution is 7.91. The summed E-state index contributed by atoms with van der Waals surface area (Å²) < 4.78 is 41.3. The molecule has 0 N–H and O–H groups in total. The summed E-state index contributed by atoms with van der Waals surface area (Å²) in [6.07, 6.45) is 19.1. The normalized spacial score (nSPS) is 12.1. The van der Waals surface area contributed by atoms with Crippen LogP contribution >= 0.6 is 0 Å². The molecule has 0 unspecified atom stereocenters. The summed E-state index contributed by atoms with van der Waals surface area (Å²) in [5.41, 5.74) is 8.91. The quantitative estimate of drug-likeness (QED) is 0.0810. The van der Waals surface area contributed by atoms with E-state index in [0.29, 0.717) is 0 Å². The van der Waals surface area contributed by atoms with E-state index in [1.165, 1.54) is 32.7 Å². The van der Waals surface area contributed by atoms with Gasteiger partial charge in [0.2, 0.25) is 22.5 Å². The maximum absolute atomic E-state index is 14.1. The third-order valence-corrected chi connectivity index (χ3v) is 14.0. The largest absolute Gasteiger partial charge is 0.309 e. The Morgan fingerprint density at radius 1 is 0.459 bits per heavy atom. The maximum atomic E-state index is 14.1. The number of hydrogen-bond donors (Lipinski definition) is 0. The van der Waals surface area contributed by atoms with Gasteiger partial charge in [-0.2, -0.15) is 0 Å². The molecule has 0 amide bonds. The molecule has 9 heteroatoms. The minimum Gasteiger partial charge on any atom is -0.309 e. The predicted octanol–water partition coefficient (Wildman–Crippen LogP) is 10.0. The van der Waals surface area contributed by atoms with E-state index in [1.807, 2.05) is 24.3 Å². The second kappa shape index (κ2) is 16.0. The van der Waals surface area contributed by atoms with Crippen molar-refractivity contribution < 1.29 is 17.6 Å². The molecule has 304 valence electrons. The number of sulfone groups is 1. The average molecular weight is 823 g/mol. The Bertz CT molecular complexity index is 3080. The lowest BCUT2D eigenvalue weighted by molar-refractivity contribution is -0.671. The summed E-state index contributed by atoms with van der Waals surface area (Å²) in [6, 6.07) is 45.2. The summed E-state index contributed by atoms with van der Waals surface area (Å²) in [5, 5.41) is 4.79. The van der Waals surface area contributed by atoms with E-state index in [2.05, 4.69) is 164 Å². The zero-order chi connectivity index (χ0) is 41.5. The van der Waals surface area contributed by atoms with Crippen LogP contribution in [0.5, 0.6) is 0 Å². The number of hydrogen-bond acceptors (Lipinski definition) is 2. The molecule has 10 rings (SSSR count). The smallest absolute Gasteiger partial charge is 0.243 e. The van der Waals surface area contributed by atoms with E-state index in [9.17, 15) is 8.42 Å². The Morgan fingerprint density at radius 2 is 0.869 bits per heavy atom. The number of rotatable bonds is 14. The average Bonchev–Trinajstić information content (AvgIpc) is 4.07. The van der Waals surface area contributed by atoms with Crippen LogP contribution in [0.15, 0.2) is 181 Å². The van der Waals surface area contributed by atoms with E-state index in [-0.39, 0.29) is 9.79 Å². The van der Waals surface area contributed by atoms with E-state index >= 15 is 0 Å². The molecule has 0 saturated carbocycles. The van der Waals surface area contributed by atoms with Gasteiger partial charge in [-0.05, 0) is 135 Å². The monoisotopic (exact) mass is 822 g/mol. The van der Waals surface area contributed by atoms with Gasteiger partial charge in [0.05, 0.1) is 59.0 Å². The number of fused-ring (bicyclic) bond motifs is 6. The van der Waals surface area contributed by atoms with Gasteiger partial charge in [-0.3, -0.25) is 0 Å². The molecular weight excluding hydrogens is 773 g/mol. The fraction of sp³-hybridized carbons (Fsp3) is 0.192. The minimum atomic E-state index is -3.77. The van der Waals surface area contributed by atoms with Crippen molar-refractivity contribution in [3.63, 3.8) is 0 Å². The van der Waals surface area contributed by atoms with E-state index in [4.69, 9.17) is 0 Å². The molecule has 0 aliphatic rings. The lowest BCUT2D eigenvalue weighted by Gasteiger charge is -2.12. The molecule has 0 atom stereocenters. The van der Waals surface area contributed by atoms with Crippen molar-refractivity contribution in [3.05, 3.63) is 182 Å². The molecule has 10 aromatic rings. The number of nitrogens with zero attached hydrogens (tertiary/aromatic N) is 6. The molecule has 0 fully saturated rings. The highest BCUT2D eigenvalue weighted by Gasteiger charge is 2.20. The third-order valence-electron chi connectivity index (χ3n) is 12.2. The van der Waals surface area contributed by atoms with Crippen LogP contribution in [0.25, 0.3) is 55.0 Å². The first-order valence-corrected chi connectivity index (χ1v) is 22.8. The molecule has 8 nitrogen and oxygen atoms in total. The van der Waals surface area contributed by atoms with Crippen LogP contribution in [0.4, 0.5) is 0 Å². The predicted molar refractivity (Wildman–Crippen MR) is 244 cm³/mol. The number of unbranched alkanes of at least 4 members (excludes halogenated alkanes) is 2. The first kappa shape index (κ1) is 38.5. The molecule has 0 aliphatic heterocycles. The van der Waals surface area contributed by atoms with Gasteiger partial charge in [0.25, 0.3) is 0 Å². The fourth-order valence-electron chi connectivity index (χ4n) is 9.11. The molecule has 6 aromatic carbocycles. The maximum Gasteiger partial charge on any atom is 0.243 e. The number of benzene rings is 6. The van der Waals surface area contributed by atoms with Crippen LogP contribution in [0.1, 0.15) is 36.8 Å².